The highest BCUT2D eigenvalue weighted by Gasteiger charge is 2.32. The zero-order valence-corrected chi connectivity index (χ0v) is 8.09. The van der Waals surface area contributed by atoms with E-state index in [4.69, 9.17) is 0 Å². The first-order chi connectivity index (χ1) is 6.79. The largest absolute Gasteiger partial charge is 0.406 e. The van der Waals surface area contributed by atoms with Crippen LogP contribution in [-0.2, 0) is 0 Å². The van der Waals surface area contributed by atoms with Crippen LogP contribution in [-0.4, -0.2) is 45.8 Å². The normalized spacial score (nSPS) is 11.5. The quantitative estimate of drug-likeness (QED) is 0.803. The number of rotatable bonds is 2. The van der Waals surface area contributed by atoms with Crippen molar-refractivity contribution in [2.75, 3.05) is 13.6 Å². The summed E-state index contributed by atoms with van der Waals surface area (Å²) < 4.78 is 35.8. The molecule has 1 N–H and O–H groups in total. The molecule has 8 heteroatoms. The monoisotopic (exact) mass is 222 g/mol. The molecule has 0 bridgehead atoms. The Bertz CT molecular complexity index is 359. The zero-order chi connectivity index (χ0) is 11.6. The summed E-state index contributed by atoms with van der Waals surface area (Å²) in [6, 6.07) is 0. The van der Waals surface area contributed by atoms with Gasteiger partial charge in [0.2, 0.25) is 5.82 Å². The summed E-state index contributed by atoms with van der Waals surface area (Å²) in [6.07, 6.45) is -4.42. The summed E-state index contributed by atoms with van der Waals surface area (Å²) in [5, 5.41) is 5.85. The molecule has 0 spiro atoms. The van der Waals surface area contributed by atoms with Gasteiger partial charge >= 0.3 is 6.18 Å². The van der Waals surface area contributed by atoms with E-state index in [0.717, 1.165) is 7.05 Å². The Hall–Kier alpha value is -1.60. The van der Waals surface area contributed by atoms with E-state index in [1.165, 1.54) is 0 Å². The summed E-state index contributed by atoms with van der Waals surface area (Å²) in [7, 11) is 1.04. The van der Waals surface area contributed by atoms with Gasteiger partial charge in [0.1, 0.15) is 12.4 Å². The summed E-state index contributed by atoms with van der Waals surface area (Å²) in [4.78, 5) is 15.5. The second kappa shape index (κ2) is 3.87. The molecule has 5 nitrogen and oxygen atoms in total. The number of aromatic nitrogens is 3. The van der Waals surface area contributed by atoms with Crippen LogP contribution in [0.4, 0.5) is 13.2 Å². The number of aromatic amines is 1. The molecule has 0 radical (unpaired) electrons. The molecule has 1 rings (SSSR count). The molecule has 1 amide bonds. The average Bonchev–Trinajstić information content (AvgIpc) is 2.47. The van der Waals surface area contributed by atoms with Crippen LogP contribution in [0.15, 0.2) is 0 Å². The second-order valence-corrected chi connectivity index (χ2v) is 3.02. The van der Waals surface area contributed by atoms with Crippen molar-refractivity contribution in [1.82, 2.24) is 20.1 Å². The average molecular weight is 222 g/mol. The lowest BCUT2D eigenvalue weighted by Gasteiger charge is -2.16. The fourth-order valence-corrected chi connectivity index (χ4v) is 0.950. The molecular weight excluding hydrogens is 213 g/mol. The van der Waals surface area contributed by atoms with Crippen LogP contribution in [0.1, 0.15) is 16.4 Å². The van der Waals surface area contributed by atoms with Crippen molar-refractivity contribution in [2.24, 2.45) is 0 Å². The van der Waals surface area contributed by atoms with Gasteiger partial charge in [0, 0.05) is 7.05 Å². The van der Waals surface area contributed by atoms with Gasteiger partial charge in [-0.25, -0.2) is 4.98 Å². The maximum atomic E-state index is 11.9. The Morgan fingerprint density at radius 1 is 1.53 bits per heavy atom. The Labute approximate surface area is 83.3 Å². The fourth-order valence-electron chi connectivity index (χ4n) is 0.950. The molecule has 84 valence electrons. The van der Waals surface area contributed by atoms with Crippen molar-refractivity contribution >= 4 is 5.91 Å². The Morgan fingerprint density at radius 2 is 2.13 bits per heavy atom. The number of nitrogens with zero attached hydrogens (tertiary/aromatic N) is 3. The van der Waals surface area contributed by atoms with Gasteiger partial charge in [-0.1, -0.05) is 0 Å². The van der Waals surface area contributed by atoms with Crippen molar-refractivity contribution in [3.05, 3.63) is 11.6 Å². The Kier molecular flexibility index (Phi) is 2.96. The number of carbonyl (C=O) groups is 1. The molecular formula is C7H9F3N4O. The number of nitrogens with one attached hydrogen (secondary N) is 1. The third-order valence-corrected chi connectivity index (χ3v) is 1.55. The van der Waals surface area contributed by atoms with Gasteiger partial charge in [0.25, 0.3) is 5.91 Å². The number of halogens is 3. The zero-order valence-electron chi connectivity index (χ0n) is 8.09. The van der Waals surface area contributed by atoms with E-state index in [-0.39, 0.29) is 5.82 Å². The second-order valence-electron chi connectivity index (χ2n) is 3.02. The fraction of sp³-hybridized carbons (Fsp3) is 0.571. The molecule has 0 aromatic carbocycles. The predicted octanol–water partition coefficient (Wildman–Crippen LogP) is 0.747. The molecule has 0 aliphatic carbocycles. The smallest absolute Gasteiger partial charge is 0.330 e. The van der Waals surface area contributed by atoms with Gasteiger partial charge in [-0.2, -0.15) is 13.2 Å². The summed E-state index contributed by atoms with van der Waals surface area (Å²) in [6.45, 7) is 0.229. The maximum Gasteiger partial charge on any atom is 0.406 e. The number of hydrogen-bond donors (Lipinski definition) is 1. The molecule has 0 unspecified atom stereocenters. The van der Waals surface area contributed by atoms with Crippen molar-refractivity contribution in [2.45, 2.75) is 13.1 Å². The van der Waals surface area contributed by atoms with E-state index in [1.807, 2.05) is 0 Å². The molecule has 1 heterocycles. The first-order valence-electron chi connectivity index (χ1n) is 4.01. The molecule has 0 atom stereocenters. The number of hydrogen-bond acceptors (Lipinski definition) is 3. The lowest BCUT2D eigenvalue weighted by Crippen LogP contribution is -2.36. The number of H-pyrrole nitrogens is 1. The van der Waals surface area contributed by atoms with E-state index in [2.05, 4.69) is 15.2 Å². The molecule has 0 aliphatic heterocycles. The van der Waals surface area contributed by atoms with E-state index in [0.29, 0.717) is 10.7 Å². The van der Waals surface area contributed by atoms with Crippen LogP contribution in [0, 0.1) is 6.92 Å². The third kappa shape index (κ3) is 3.22. The van der Waals surface area contributed by atoms with Gasteiger partial charge in [-0.15, -0.1) is 5.10 Å². The van der Waals surface area contributed by atoms with Crippen molar-refractivity contribution in [3.63, 3.8) is 0 Å². The van der Waals surface area contributed by atoms with E-state index in [1.54, 1.807) is 6.92 Å². The molecule has 0 saturated heterocycles. The maximum absolute atomic E-state index is 11.9. The molecule has 15 heavy (non-hydrogen) atoms. The number of amides is 1. The van der Waals surface area contributed by atoms with Crippen LogP contribution >= 0.6 is 0 Å². The highest BCUT2D eigenvalue weighted by atomic mass is 19.4. The van der Waals surface area contributed by atoms with E-state index < -0.39 is 18.6 Å². The van der Waals surface area contributed by atoms with Crippen molar-refractivity contribution < 1.29 is 18.0 Å². The number of carbonyl (C=O) groups excluding carboxylic acids is 1. The van der Waals surface area contributed by atoms with Crippen LogP contribution < -0.4 is 0 Å². The standard InChI is InChI=1S/C7H9F3N4O/c1-4-11-5(13-12-4)6(15)14(2)3-7(8,9)10/h3H2,1-2H3,(H,11,12,13). The molecule has 1 aromatic heterocycles. The molecule has 1 aromatic rings. The minimum atomic E-state index is -4.42. The Balaban J connectivity index is 2.69. The summed E-state index contributed by atoms with van der Waals surface area (Å²) in [5.74, 6) is -0.755. The third-order valence-electron chi connectivity index (χ3n) is 1.55. The lowest BCUT2D eigenvalue weighted by molar-refractivity contribution is -0.138. The SMILES string of the molecule is Cc1nc(C(=O)N(C)CC(F)(F)F)n[nH]1. The van der Waals surface area contributed by atoms with Crippen LogP contribution in [0.2, 0.25) is 0 Å². The Morgan fingerprint density at radius 3 is 2.53 bits per heavy atom. The predicted molar refractivity (Wildman–Crippen MR) is 44.1 cm³/mol. The molecule has 0 saturated carbocycles. The highest BCUT2D eigenvalue weighted by Crippen LogP contribution is 2.16. The van der Waals surface area contributed by atoms with E-state index in [9.17, 15) is 18.0 Å². The topological polar surface area (TPSA) is 61.9 Å². The van der Waals surface area contributed by atoms with Gasteiger partial charge < -0.3 is 4.90 Å². The first-order valence-corrected chi connectivity index (χ1v) is 4.01. The van der Waals surface area contributed by atoms with E-state index >= 15 is 0 Å². The summed E-state index contributed by atoms with van der Waals surface area (Å²) in [5.41, 5.74) is 0. The van der Waals surface area contributed by atoms with Crippen molar-refractivity contribution in [1.29, 1.82) is 0 Å². The minimum Gasteiger partial charge on any atom is -0.330 e. The number of alkyl halides is 3. The lowest BCUT2D eigenvalue weighted by atomic mass is 10.4. The molecule has 0 aliphatic rings. The first kappa shape index (κ1) is 11.5. The van der Waals surface area contributed by atoms with Crippen LogP contribution in [0.25, 0.3) is 0 Å². The van der Waals surface area contributed by atoms with Gasteiger partial charge in [0.05, 0.1) is 0 Å². The number of aryl methyl sites for hydroxylation is 1. The van der Waals surface area contributed by atoms with Gasteiger partial charge in [0.15, 0.2) is 0 Å². The van der Waals surface area contributed by atoms with Crippen molar-refractivity contribution in [3.8, 4) is 0 Å². The summed E-state index contributed by atoms with van der Waals surface area (Å²) >= 11 is 0. The van der Waals surface area contributed by atoms with Crippen LogP contribution in [0.5, 0.6) is 0 Å². The highest BCUT2D eigenvalue weighted by molar-refractivity contribution is 5.90. The van der Waals surface area contributed by atoms with Gasteiger partial charge in [-0.05, 0) is 6.92 Å². The molecule has 0 fully saturated rings. The van der Waals surface area contributed by atoms with Gasteiger partial charge in [-0.3, -0.25) is 9.89 Å². The van der Waals surface area contributed by atoms with Crippen LogP contribution in [0.3, 0.4) is 0 Å². The minimum absolute atomic E-state index is 0.265.